The molecule has 19 heavy (non-hydrogen) atoms. The van der Waals surface area contributed by atoms with Crippen LogP contribution in [0.2, 0.25) is 0 Å². The standard InChI is InChI=1S/C13H16F3NO2/c1-2-17(9-13(14,15)16)8-11(12(18)19)10-6-4-3-5-7-10/h3-7,11H,2,8-9H2,1H3,(H,18,19). The molecule has 3 nitrogen and oxygen atoms in total. The lowest BCUT2D eigenvalue weighted by molar-refractivity contribution is -0.150. The topological polar surface area (TPSA) is 40.5 Å². The third-order valence-corrected chi connectivity index (χ3v) is 2.79. The summed E-state index contributed by atoms with van der Waals surface area (Å²) in [6.07, 6.45) is -4.32. The number of nitrogens with zero attached hydrogens (tertiary/aromatic N) is 1. The maximum atomic E-state index is 12.4. The SMILES string of the molecule is CCN(CC(C(=O)O)c1ccccc1)CC(F)(F)F. The number of aliphatic carboxylic acids is 1. The minimum atomic E-state index is -4.32. The van der Waals surface area contributed by atoms with Gasteiger partial charge in [0, 0.05) is 6.54 Å². The average Bonchev–Trinajstić information content (AvgIpc) is 2.33. The second-order valence-corrected chi connectivity index (χ2v) is 4.24. The van der Waals surface area contributed by atoms with Crippen molar-refractivity contribution in [2.24, 2.45) is 0 Å². The molecule has 0 aliphatic heterocycles. The van der Waals surface area contributed by atoms with Crippen molar-refractivity contribution >= 4 is 5.97 Å². The molecule has 106 valence electrons. The van der Waals surface area contributed by atoms with Crippen molar-refractivity contribution in [3.63, 3.8) is 0 Å². The number of rotatable bonds is 6. The van der Waals surface area contributed by atoms with Crippen LogP contribution in [-0.4, -0.2) is 41.8 Å². The van der Waals surface area contributed by atoms with E-state index in [0.717, 1.165) is 4.90 Å². The normalized spacial score (nSPS) is 13.5. The molecular weight excluding hydrogens is 259 g/mol. The van der Waals surface area contributed by atoms with E-state index in [1.807, 2.05) is 0 Å². The third-order valence-electron chi connectivity index (χ3n) is 2.79. The minimum Gasteiger partial charge on any atom is -0.481 e. The fourth-order valence-electron chi connectivity index (χ4n) is 1.83. The summed E-state index contributed by atoms with van der Waals surface area (Å²) >= 11 is 0. The number of hydrogen-bond donors (Lipinski definition) is 1. The third kappa shape index (κ3) is 5.30. The van der Waals surface area contributed by atoms with Gasteiger partial charge in [-0.1, -0.05) is 37.3 Å². The van der Waals surface area contributed by atoms with Gasteiger partial charge in [0.1, 0.15) is 0 Å². The second-order valence-electron chi connectivity index (χ2n) is 4.24. The largest absolute Gasteiger partial charge is 0.481 e. The molecule has 1 N–H and O–H groups in total. The van der Waals surface area contributed by atoms with Gasteiger partial charge in [0.05, 0.1) is 12.5 Å². The van der Waals surface area contributed by atoms with Gasteiger partial charge >= 0.3 is 12.1 Å². The number of carboxylic acids is 1. The van der Waals surface area contributed by atoms with Gasteiger partial charge in [0.2, 0.25) is 0 Å². The first-order valence-corrected chi connectivity index (χ1v) is 5.90. The monoisotopic (exact) mass is 275 g/mol. The van der Waals surface area contributed by atoms with E-state index in [1.54, 1.807) is 37.3 Å². The number of halogens is 3. The Bertz CT molecular complexity index is 406. The molecule has 1 atom stereocenters. The Hall–Kier alpha value is -1.56. The summed E-state index contributed by atoms with van der Waals surface area (Å²) in [5, 5.41) is 9.16. The molecule has 0 amide bonds. The van der Waals surface area contributed by atoms with E-state index in [4.69, 9.17) is 5.11 Å². The Morgan fingerprint density at radius 3 is 2.32 bits per heavy atom. The van der Waals surface area contributed by atoms with Crippen LogP contribution in [0.15, 0.2) is 30.3 Å². The molecule has 0 heterocycles. The highest BCUT2D eigenvalue weighted by Crippen LogP contribution is 2.21. The van der Waals surface area contributed by atoms with Crippen LogP contribution in [0.3, 0.4) is 0 Å². The summed E-state index contributed by atoms with van der Waals surface area (Å²) in [7, 11) is 0. The summed E-state index contributed by atoms with van der Waals surface area (Å²) in [4.78, 5) is 12.3. The number of likely N-dealkylation sites (N-methyl/N-ethyl adjacent to an activating group) is 1. The summed E-state index contributed by atoms with van der Waals surface area (Å²) in [5.74, 6) is -2.07. The summed E-state index contributed by atoms with van der Waals surface area (Å²) in [6.45, 7) is 0.473. The number of alkyl halides is 3. The maximum Gasteiger partial charge on any atom is 0.401 e. The maximum absolute atomic E-state index is 12.4. The number of benzene rings is 1. The van der Waals surface area contributed by atoms with Crippen molar-refractivity contribution in [1.29, 1.82) is 0 Å². The van der Waals surface area contributed by atoms with E-state index in [0.29, 0.717) is 5.56 Å². The smallest absolute Gasteiger partial charge is 0.401 e. The Kier molecular flexibility index (Phi) is 5.35. The van der Waals surface area contributed by atoms with Crippen LogP contribution in [0.4, 0.5) is 13.2 Å². The molecule has 0 fully saturated rings. The van der Waals surface area contributed by atoms with Gasteiger partial charge < -0.3 is 5.11 Å². The number of hydrogen-bond acceptors (Lipinski definition) is 2. The zero-order valence-electron chi connectivity index (χ0n) is 10.5. The lowest BCUT2D eigenvalue weighted by atomic mass is 9.98. The van der Waals surface area contributed by atoms with Crippen molar-refractivity contribution in [2.45, 2.75) is 19.0 Å². The van der Waals surface area contributed by atoms with Crippen molar-refractivity contribution in [3.8, 4) is 0 Å². The van der Waals surface area contributed by atoms with Crippen LogP contribution in [0.25, 0.3) is 0 Å². The molecule has 0 radical (unpaired) electrons. The quantitative estimate of drug-likeness (QED) is 0.867. The van der Waals surface area contributed by atoms with E-state index in [2.05, 4.69) is 0 Å². The first-order chi connectivity index (χ1) is 8.83. The highest BCUT2D eigenvalue weighted by atomic mass is 19.4. The predicted octanol–water partition coefficient (Wildman–Crippen LogP) is 2.74. The lowest BCUT2D eigenvalue weighted by Gasteiger charge is -2.25. The predicted molar refractivity (Wildman–Crippen MR) is 65.0 cm³/mol. The molecule has 1 unspecified atom stereocenters. The van der Waals surface area contributed by atoms with E-state index in [9.17, 15) is 18.0 Å². The fraction of sp³-hybridized carbons (Fsp3) is 0.462. The van der Waals surface area contributed by atoms with Gasteiger partial charge in [-0.25, -0.2) is 0 Å². The van der Waals surface area contributed by atoms with Gasteiger partial charge in [-0.05, 0) is 12.1 Å². The van der Waals surface area contributed by atoms with Crippen LogP contribution >= 0.6 is 0 Å². The van der Waals surface area contributed by atoms with Crippen LogP contribution < -0.4 is 0 Å². The minimum absolute atomic E-state index is 0.149. The second kappa shape index (κ2) is 6.56. The number of carboxylic acid groups (broad SMARTS) is 1. The lowest BCUT2D eigenvalue weighted by Crippen LogP contribution is -2.38. The van der Waals surface area contributed by atoms with Crippen LogP contribution in [0.1, 0.15) is 18.4 Å². The van der Waals surface area contributed by atoms with Gasteiger partial charge in [-0.2, -0.15) is 13.2 Å². The van der Waals surface area contributed by atoms with Crippen molar-refractivity contribution in [1.82, 2.24) is 4.90 Å². The molecule has 0 saturated carbocycles. The Labute approximate surface area is 109 Å². The Balaban J connectivity index is 2.81. The van der Waals surface area contributed by atoms with Crippen LogP contribution in [0.5, 0.6) is 0 Å². The first-order valence-electron chi connectivity index (χ1n) is 5.90. The van der Waals surface area contributed by atoms with Crippen molar-refractivity contribution < 1.29 is 23.1 Å². The van der Waals surface area contributed by atoms with Crippen LogP contribution in [-0.2, 0) is 4.79 Å². The Morgan fingerprint density at radius 2 is 1.89 bits per heavy atom. The van der Waals surface area contributed by atoms with Gasteiger partial charge in [-0.3, -0.25) is 9.69 Å². The highest BCUT2D eigenvalue weighted by Gasteiger charge is 2.32. The van der Waals surface area contributed by atoms with E-state index in [1.165, 1.54) is 0 Å². The van der Waals surface area contributed by atoms with Gasteiger partial charge in [0.25, 0.3) is 0 Å². The van der Waals surface area contributed by atoms with E-state index >= 15 is 0 Å². The number of carbonyl (C=O) groups is 1. The zero-order chi connectivity index (χ0) is 14.5. The molecule has 1 aromatic rings. The molecule has 0 bridgehead atoms. The summed E-state index contributed by atoms with van der Waals surface area (Å²) in [6, 6.07) is 8.30. The highest BCUT2D eigenvalue weighted by molar-refractivity contribution is 5.76. The molecule has 6 heteroatoms. The molecule has 0 saturated heterocycles. The molecule has 1 aromatic carbocycles. The molecule has 0 aromatic heterocycles. The van der Waals surface area contributed by atoms with E-state index < -0.39 is 24.6 Å². The first kappa shape index (κ1) is 15.5. The van der Waals surface area contributed by atoms with Gasteiger partial charge in [-0.15, -0.1) is 0 Å². The molecular formula is C13H16F3NO2. The fourth-order valence-corrected chi connectivity index (χ4v) is 1.83. The Morgan fingerprint density at radius 1 is 1.32 bits per heavy atom. The van der Waals surface area contributed by atoms with E-state index in [-0.39, 0.29) is 13.1 Å². The molecule has 1 rings (SSSR count). The summed E-state index contributed by atoms with van der Waals surface area (Å²) in [5.41, 5.74) is 0.510. The molecule has 0 aliphatic rings. The van der Waals surface area contributed by atoms with Crippen LogP contribution in [0, 0.1) is 0 Å². The van der Waals surface area contributed by atoms with Crippen molar-refractivity contribution in [2.75, 3.05) is 19.6 Å². The van der Waals surface area contributed by atoms with Gasteiger partial charge in [0.15, 0.2) is 0 Å². The van der Waals surface area contributed by atoms with Crippen molar-refractivity contribution in [3.05, 3.63) is 35.9 Å². The summed E-state index contributed by atoms with van der Waals surface area (Å²) < 4.78 is 37.1. The zero-order valence-corrected chi connectivity index (χ0v) is 10.5. The molecule has 0 aliphatic carbocycles. The molecule has 0 spiro atoms. The average molecular weight is 275 g/mol.